The maximum absolute atomic E-state index is 12.2. The van der Waals surface area contributed by atoms with Crippen LogP contribution in [0.25, 0.3) is 0 Å². The molecule has 0 heterocycles. The molecule has 0 aliphatic heterocycles. The summed E-state index contributed by atoms with van der Waals surface area (Å²) in [5.74, 6) is 0.124. The summed E-state index contributed by atoms with van der Waals surface area (Å²) in [6.07, 6.45) is 0.633. The van der Waals surface area contributed by atoms with E-state index in [1.165, 1.54) is 12.1 Å². The number of nitrogens with two attached hydrogens (primary N) is 1. The van der Waals surface area contributed by atoms with E-state index in [0.717, 1.165) is 6.07 Å². The number of nitro benzene ring substituents is 1. The first-order valence-corrected chi connectivity index (χ1v) is 7.73. The average Bonchev–Trinajstić information content (AvgIpc) is 2.35. The number of hydrogen-bond donors (Lipinski definition) is 2. The standard InChI is InChI=1S/C12H19N3O4S/c1-4-11(8(2)3)14-20(18,19)9-5-6-10(13)12(7-9)15(16)17/h5-8,11,14H,4,13H2,1-3H3. The third kappa shape index (κ3) is 3.67. The molecule has 112 valence electrons. The molecule has 0 amide bonds. The minimum atomic E-state index is -3.80. The molecular weight excluding hydrogens is 282 g/mol. The molecule has 0 aliphatic carbocycles. The maximum Gasteiger partial charge on any atom is 0.293 e. The van der Waals surface area contributed by atoms with Crippen LogP contribution in [-0.4, -0.2) is 19.4 Å². The molecule has 0 saturated carbocycles. The normalized spacial score (nSPS) is 13.4. The van der Waals surface area contributed by atoms with E-state index in [9.17, 15) is 18.5 Å². The van der Waals surface area contributed by atoms with Gasteiger partial charge < -0.3 is 5.73 Å². The zero-order valence-corrected chi connectivity index (χ0v) is 12.5. The highest BCUT2D eigenvalue weighted by molar-refractivity contribution is 7.89. The van der Waals surface area contributed by atoms with E-state index >= 15 is 0 Å². The number of nitrogens with zero attached hydrogens (tertiary/aromatic N) is 1. The third-order valence-corrected chi connectivity index (χ3v) is 4.55. The van der Waals surface area contributed by atoms with Crippen molar-refractivity contribution in [1.82, 2.24) is 4.72 Å². The number of nitrogens with one attached hydrogen (secondary N) is 1. The molecular formula is C12H19N3O4S. The zero-order valence-electron chi connectivity index (χ0n) is 11.7. The number of nitro groups is 1. The van der Waals surface area contributed by atoms with Gasteiger partial charge in [0.25, 0.3) is 5.69 Å². The van der Waals surface area contributed by atoms with Crippen molar-refractivity contribution in [2.24, 2.45) is 5.92 Å². The van der Waals surface area contributed by atoms with E-state index in [2.05, 4.69) is 4.72 Å². The Kier molecular flexibility index (Phi) is 5.07. The van der Waals surface area contributed by atoms with Crippen molar-refractivity contribution in [3.8, 4) is 0 Å². The van der Waals surface area contributed by atoms with E-state index in [1.807, 2.05) is 20.8 Å². The molecule has 8 heteroatoms. The molecule has 1 unspecified atom stereocenters. The molecule has 1 aromatic rings. The lowest BCUT2D eigenvalue weighted by molar-refractivity contribution is -0.384. The average molecular weight is 301 g/mol. The first-order chi connectivity index (χ1) is 9.19. The van der Waals surface area contributed by atoms with Crippen LogP contribution in [0.1, 0.15) is 27.2 Å². The monoisotopic (exact) mass is 301 g/mol. The zero-order chi connectivity index (χ0) is 15.5. The summed E-state index contributed by atoms with van der Waals surface area (Å²) in [6.45, 7) is 5.68. The Morgan fingerprint density at radius 2 is 2.00 bits per heavy atom. The van der Waals surface area contributed by atoms with Crippen LogP contribution in [0.4, 0.5) is 11.4 Å². The van der Waals surface area contributed by atoms with Gasteiger partial charge in [0.2, 0.25) is 10.0 Å². The van der Waals surface area contributed by atoms with Gasteiger partial charge >= 0.3 is 0 Å². The largest absolute Gasteiger partial charge is 0.393 e. The number of hydrogen-bond acceptors (Lipinski definition) is 5. The van der Waals surface area contributed by atoms with Crippen LogP contribution in [0.5, 0.6) is 0 Å². The first-order valence-electron chi connectivity index (χ1n) is 6.25. The van der Waals surface area contributed by atoms with Crippen molar-refractivity contribution in [2.75, 3.05) is 5.73 Å². The lowest BCUT2D eigenvalue weighted by atomic mass is 10.0. The lowest BCUT2D eigenvalue weighted by Crippen LogP contribution is -2.37. The second-order valence-electron chi connectivity index (χ2n) is 4.86. The van der Waals surface area contributed by atoms with E-state index < -0.39 is 20.6 Å². The van der Waals surface area contributed by atoms with Crippen LogP contribution < -0.4 is 10.5 Å². The molecule has 3 N–H and O–H groups in total. The Morgan fingerprint density at radius 3 is 2.45 bits per heavy atom. The van der Waals surface area contributed by atoms with Crippen LogP contribution in [0.3, 0.4) is 0 Å². The molecule has 0 saturated heterocycles. The maximum atomic E-state index is 12.2. The minimum Gasteiger partial charge on any atom is -0.393 e. The summed E-state index contributed by atoms with van der Waals surface area (Å²) >= 11 is 0. The van der Waals surface area contributed by atoms with Gasteiger partial charge in [0.1, 0.15) is 5.69 Å². The number of benzene rings is 1. The number of sulfonamides is 1. The van der Waals surface area contributed by atoms with Gasteiger partial charge in [0.15, 0.2) is 0 Å². The van der Waals surface area contributed by atoms with Crippen molar-refractivity contribution in [3.05, 3.63) is 28.3 Å². The smallest absolute Gasteiger partial charge is 0.293 e. The molecule has 0 spiro atoms. The summed E-state index contributed by atoms with van der Waals surface area (Å²) in [5, 5.41) is 10.8. The topological polar surface area (TPSA) is 115 Å². The number of anilines is 1. The SMILES string of the molecule is CCC(NS(=O)(=O)c1ccc(N)c([N+](=O)[O-])c1)C(C)C. The molecule has 1 aromatic carbocycles. The summed E-state index contributed by atoms with van der Waals surface area (Å²) in [5.41, 5.74) is 4.98. The highest BCUT2D eigenvalue weighted by Gasteiger charge is 2.24. The van der Waals surface area contributed by atoms with E-state index in [1.54, 1.807) is 0 Å². The first kappa shape index (κ1) is 16.4. The van der Waals surface area contributed by atoms with Crippen LogP contribution >= 0.6 is 0 Å². The summed E-state index contributed by atoms with van der Waals surface area (Å²) in [7, 11) is -3.80. The number of rotatable bonds is 6. The Bertz CT molecular complexity index is 599. The van der Waals surface area contributed by atoms with Crippen molar-refractivity contribution >= 4 is 21.4 Å². The lowest BCUT2D eigenvalue weighted by Gasteiger charge is -2.20. The van der Waals surface area contributed by atoms with E-state index in [-0.39, 0.29) is 22.5 Å². The van der Waals surface area contributed by atoms with Crippen molar-refractivity contribution in [3.63, 3.8) is 0 Å². The second kappa shape index (κ2) is 6.19. The summed E-state index contributed by atoms with van der Waals surface area (Å²) in [6, 6.07) is 3.24. The van der Waals surface area contributed by atoms with Crippen molar-refractivity contribution < 1.29 is 13.3 Å². The highest BCUT2D eigenvalue weighted by atomic mass is 32.2. The van der Waals surface area contributed by atoms with Crippen molar-refractivity contribution in [1.29, 1.82) is 0 Å². The molecule has 1 rings (SSSR count). The minimum absolute atomic E-state index is 0.0650. The molecule has 0 aromatic heterocycles. The Labute approximate surface area is 118 Å². The molecule has 0 bridgehead atoms. The third-order valence-electron chi connectivity index (χ3n) is 3.06. The molecule has 7 nitrogen and oxygen atoms in total. The van der Waals surface area contributed by atoms with Crippen LogP contribution in [0.15, 0.2) is 23.1 Å². The summed E-state index contributed by atoms with van der Waals surface area (Å²) in [4.78, 5) is 9.94. The molecule has 0 aliphatic rings. The fraction of sp³-hybridized carbons (Fsp3) is 0.500. The van der Waals surface area contributed by atoms with E-state index in [0.29, 0.717) is 6.42 Å². The van der Waals surface area contributed by atoms with Gasteiger partial charge in [-0.3, -0.25) is 10.1 Å². The van der Waals surface area contributed by atoms with Gasteiger partial charge in [0, 0.05) is 12.1 Å². The number of nitrogen functional groups attached to an aromatic ring is 1. The quantitative estimate of drug-likeness (QED) is 0.473. The molecule has 20 heavy (non-hydrogen) atoms. The van der Waals surface area contributed by atoms with Gasteiger partial charge in [-0.2, -0.15) is 0 Å². The predicted molar refractivity (Wildman–Crippen MR) is 76.7 cm³/mol. The van der Waals surface area contributed by atoms with Gasteiger partial charge in [-0.25, -0.2) is 13.1 Å². The Morgan fingerprint density at radius 1 is 1.40 bits per heavy atom. The van der Waals surface area contributed by atoms with Crippen LogP contribution in [-0.2, 0) is 10.0 Å². The summed E-state index contributed by atoms with van der Waals surface area (Å²) < 4.78 is 27.0. The van der Waals surface area contributed by atoms with Crippen LogP contribution in [0, 0.1) is 16.0 Å². The fourth-order valence-corrected chi connectivity index (χ4v) is 3.29. The predicted octanol–water partition coefficient (Wildman–Crippen LogP) is 1.89. The highest BCUT2D eigenvalue weighted by Crippen LogP contribution is 2.25. The molecule has 1 atom stereocenters. The Hall–Kier alpha value is -1.67. The van der Waals surface area contributed by atoms with Gasteiger partial charge in [-0.15, -0.1) is 0 Å². The Balaban J connectivity index is 3.16. The molecule has 0 fully saturated rings. The van der Waals surface area contributed by atoms with Gasteiger partial charge in [-0.1, -0.05) is 20.8 Å². The second-order valence-corrected chi connectivity index (χ2v) is 6.57. The van der Waals surface area contributed by atoms with Crippen molar-refractivity contribution in [2.45, 2.75) is 38.1 Å². The molecule has 0 radical (unpaired) electrons. The van der Waals surface area contributed by atoms with Crippen LogP contribution in [0.2, 0.25) is 0 Å². The van der Waals surface area contributed by atoms with Gasteiger partial charge in [0.05, 0.1) is 9.82 Å². The van der Waals surface area contributed by atoms with Gasteiger partial charge in [-0.05, 0) is 24.5 Å². The van der Waals surface area contributed by atoms with E-state index in [4.69, 9.17) is 5.73 Å². The fourth-order valence-electron chi connectivity index (χ4n) is 1.81.